The number of benzene rings is 1. The first-order valence-electron chi connectivity index (χ1n) is 8.06. The lowest BCUT2D eigenvalue weighted by molar-refractivity contribution is -0.122. The minimum Gasteiger partial charge on any atom is -0.356 e. The molecular formula is C17H21N3O2. The van der Waals surface area contributed by atoms with Gasteiger partial charge in [-0.1, -0.05) is 11.2 Å². The Hall–Kier alpha value is -1.88. The molecular weight excluding hydrogens is 278 g/mol. The van der Waals surface area contributed by atoms with Crippen LogP contribution in [0.15, 0.2) is 22.7 Å². The highest BCUT2D eigenvalue weighted by Gasteiger charge is 2.34. The molecule has 1 aromatic heterocycles. The first kappa shape index (κ1) is 13.8. The molecule has 2 aromatic rings. The molecule has 5 rings (SSSR count). The van der Waals surface area contributed by atoms with Crippen molar-refractivity contribution in [1.29, 1.82) is 0 Å². The van der Waals surface area contributed by atoms with Gasteiger partial charge in [0.1, 0.15) is 0 Å². The van der Waals surface area contributed by atoms with Crippen LogP contribution in [0.4, 0.5) is 0 Å². The lowest BCUT2D eigenvalue weighted by atomic mass is 9.84. The molecule has 3 saturated heterocycles. The molecule has 3 fully saturated rings. The van der Waals surface area contributed by atoms with Crippen molar-refractivity contribution in [2.75, 3.05) is 19.6 Å². The highest BCUT2D eigenvalue weighted by Crippen LogP contribution is 2.27. The summed E-state index contributed by atoms with van der Waals surface area (Å²) in [6, 6.07) is 6.18. The Bertz CT molecular complexity index is 701. The van der Waals surface area contributed by atoms with Gasteiger partial charge in [0, 0.05) is 18.0 Å². The average Bonchev–Trinajstić information content (AvgIpc) is 2.89. The van der Waals surface area contributed by atoms with Gasteiger partial charge in [0.25, 0.3) is 0 Å². The van der Waals surface area contributed by atoms with E-state index >= 15 is 0 Å². The Balaban J connectivity index is 1.43. The van der Waals surface area contributed by atoms with Gasteiger partial charge in [0.15, 0.2) is 5.58 Å². The molecule has 0 spiro atoms. The Morgan fingerprint density at radius 2 is 2.23 bits per heavy atom. The molecule has 116 valence electrons. The van der Waals surface area contributed by atoms with E-state index in [4.69, 9.17) is 4.52 Å². The first-order chi connectivity index (χ1) is 10.7. The number of amides is 1. The van der Waals surface area contributed by atoms with Gasteiger partial charge in [-0.15, -0.1) is 0 Å². The summed E-state index contributed by atoms with van der Waals surface area (Å²) >= 11 is 0. The normalized spacial score (nSPS) is 27.2. The Morgan fingerprint density at radius 1 is 1.41 bits per heavy atom. The minimum absolute atomic E-state index is 0.118. The third-order valence-electron chi connectivity index (χ3n) is 5.08. The number of hydrogen-bond donors (Lipinski definition) is 1. The molecule has 0 saturated carbocycles. The first-order valence-corrected chi connectivity index (χ1v) is 8.06. The standard InChI is InChI=1S/C17H21N3O2/c1-11-14-8-12(2-3-16(14)22-19-11)9-17(21)18-15-10-20-6-4-13(15)5-7-20/h2-3,8,13,15H,4-7,9-10H2,1H3,(H,18,21)/t15-/m0/s1. The van der Waals surface area contributed by atoms with Crippen LogP contribution < -0.4 is 5.32 Å². The second kappa shape index (κ2) is 5.39. The van der Waals surface area contributed by atoms with Gasteiger partial charge in [-0.25, -0.2) is 0 Å². The largest absolute Gasteiger partial charge is 0.356 e. The van der Waals surface area contributed by atoms with E-state index in [9.17, 15) is 4.79 Å². The zero-order valence-electron chi connectivity index (χ0n) is 12.8. The van der Waals surface area contributed by atoms with Crippen molar-refractivity contribution in [2.45, 2.75) is 32.2 Å². The van der Waals surface area contributed by atoms with Gasteiger partial charge < -0.3 is 14.7 Å². The fourth-order valence-corrected chi connectivity index (χ4v) is 3.79. The van der Waals surface area contributed by atoms with E-state index in [0.29, 0.717) is 18.4 Å². The Labute approximate surface area is 129 Å². The fraction of sp³-hybridized carbons (Fsp3) is 0.529. The monoisotopic (exact) mass is 299 g/mol. The highest BCUT2D eigenvalue weighted by molar-refractivity contribution is 5.83. The molecule has 0 aliphatic carbocycles. The molecule has 5 nitrogen and oxygen atoms in total. The van der Waals surface area contributed by atoms with Crippen LogP contribution in [-0.4, -0.2) is 41.6 Å². The molecule has 3 aliphatic heterocycles. The third-order valence-corrected chi connectivity index (χ3v) is 5.08. The predicted molar refractivity (Wildman–Crippen MR) is 83.5 cm³/mol. The van der Waals surface area contributed by atoms with Gasteiger partial charge in [-0.3, -0.25) is 4.79 Å². The van der Waals surface area contributed by atoms with Crippen molar-refractivity contribution < 1.29 is 9.32 Å². The average molecular weight is 299 g/mol. The van der Waals surface area contributed by atoms with Crippen LogP contribution in [0, 0.1) is 12.8 Å². The van der Waals surface area contributed by atoms with Gasteiger partial charge in [-0.05, 0) is 56.5 Å². The van der Waals surface area contributed by atoms with Gasteiger partial charge in [-0.2, -0.15) is 0 Å². The number of aryl methyl sites for hydroxylation is 1. The number of nitrogens with one attached hydrogen (secondary N) is 1. The van der Waals surface area contributed by atoms with E-state index in [2.05, 4.69) is 15.4 Å². The summed E-state index contributed by atoms with van der Waals surface area (Å²) in [5, 5.41) is 8.18. The van der Waals surface area contributed by atoms with Gasteiger partial charge in [0.05, 0.1) is 12.1 Å². The van der Waals surface area contributed by atoms with Crippen molar-refractivity contribution in [1.82, 2.24) is 15.4 Å². The quantitative estimate of drug-likeness (QED) is 0.940. The highest BCUT2D eigenvalue weighted by atomic mass is 16.5. The topological polar surface area (TPSA) is 58.4 Å². The van der Waals surface area contributed by atoms with Crippen LogP contribution in [0.25, 0.3) is 11.0 Å². The van der Waals surface area contributed by atoms with Crippen LogP contribution in [0.5, 0.6) is 0 Å². The summed E-state index contributed by atoms with van der Waals surface area (Å²) in [6.45, 7) is 5.32. The molecule has 22 heavy (non-hydrogen) atoms. The summed E-state index contributed by atoms with van der Waals surface area (Å²) in [7, 11) is 0. The summed E-state index contributed by atoms with van der Waals surface area (Å²) in [6.07, 6.45) is 2.86. The number of hydrogen-bond acceptors (Lipinski definition) is 4. The molecule has 3 aliphatic rings. The maximum Gasteiger partial charge on any atom is 0.224 e. The Morgan fingerprint density at radius 3 is 2.95 bits per heavy atom. The molecule has 1 aromatic carbocycles. The molecule has 1 amide bonds. The van der Waals surface area contributed by atoms with E-state index in [1.165, 1.54) is 25.9 Å². The number of rotatable bonds is 3. The van der Waals surface area contributed by atoms with E-state index in [1.54, 1.807) is 0 Å². The van der Waals surface area contributed by atoms with E-state index in [0.717, 1.165) is 28.8 Å². The summed E-state index contributed by atoms with van der Waals surface area (Å²) in [5.41, 5.74) is 2.66. The summed E-state index contributed by atoms with van der Waals surface area (Å²) < 4.78 is 5.21. The van der Waals surface area contributed by atoms with Gasteiger partial charge in [0.2, 0.25) is 5.91 Å². The Kier molecular flexibility index (Phi) is 3.37. The van der Waals surface area contributed by atoms with Gasteiger partial charge >= 0.3 is 0 Å². The lowest BCUT2D eigenvalue weighted by Crippen LogP contribution is -2.57. The van der Waals surface area contributed by atoms with E-state index < -0.39 is 0 Å². The fourth-order valence-electron chi connectivity index (χ4n) is 3.79. The number of carbonyl (C=O) groups excluding carboxylic acids is 1. The number of piperidine rings is 3. The molecule has 0 unspecified atom stereocenters. The second-order valence-electron chi connectivity index (χ2n) is 6.59. The maximum absolute atomic E-state index is 12.3. The van der Waals surface area contributed by atoms with Crippen molar-refractivity contribution >= 4 is 16.9 Å². The second-order valence-corrected chi connectivity index (χ2v) is 6.59. The molecule has 1 atom stereocenters. The van der Waals surface area contributed by atoms with Crippen LogP contribution in [-0.2, 0) is 11.2 Å². The molecule has 5 heteroatoms. The van der Waals surface area contributed by atoms with Crippen LogP contribution in [0.3, 0.4) is 0 Å². The van der Waals surface area contributed by atoms with E-state index in [1.807, 2.05) is 25.1 Å². The van der Waals surface area contributed by atoms with Crippen LogP contribution >= 0.6 is 0 Å². The smallest absolute Gasteiger partial charge is 0.224 e. The summed E-state index contributed by atoms with van der Waals surface area (Å²) in [5.74, 6) is 0.781. The maximum atomic E-state index is 12.3. The third kappa shape index (κ3) is 2.50. The number of aromatic nitrogens is 1. The molecule has 2 bridgehead atoms. The predicted octanol–water partition coefficient (Wildman–Crippen LogP) is 1.89. The lowest BCUT2D eigenvalue weighted by Gasteiger charge is -2.44. The zero-order chi connectivity index (χ0) is 15.1. The minimum atomic E-state index is 0.118. The zero-order valence-corrected chi connectivity index (χ0v) is 12.8. The van der Waals surface area contributed by atoms with Crippen molar-refractivity contribution in [3.8, 4) is 0 Å². The van der Waals surface area contributed by atoms with E-state index in [-0.39, 0.29) is 5.91 Å². The molecule has 0 radical (unpaired) electrons. The van der Waals surface area contributed by atoms with Crippen molar-refractivity contribution in [3.05, 3.63) is 29.5 Å². The molecule has 4 heterocycles. The number of carbonyl (C=O) groups is 1. The SMILES string of the molecule is Cc1noc2ccc(CC(=O)N[C@H]3CN4CCC3CC4)cc12. The molecule has 1 N–H and O–H groups in total. The van der Waals surface area contributed by atoms with Crippen LogP contribution in [0.1, 0.15) is 24.1 Å². The number of fused-ring (bicyclic) bond motifs is 4. The van der Waals surface area contributed by atoms with Crippen LogP contribution in [0.2, 0.25) is 0 Å². The number of nitrogens with zero attached hydrogens (tertiary/aromatic N) is 2. The van der Waals surface area contributed by atoms with Crippen molar-refractivity contribution in [3.63, 3.8) is 0 Å². The summed E-state index contributed by atoms with van der Waals surface area (Å²) in [4.78, 5) is 14.8. The van der Waals surface area contributed by atoms with Crippen molar-refractivity contribution in [2.24, 2.45) is 5.92 Å².